The predicted molar refractivity (Wildman–Crippen MR) is 150 cm³/mol. The van der Waals surface area contributed by atoms with Crippen molar-refractivity contribution in [3.05, 3.63) is 60.2 Å². The number of rotatable bonds is 5. The summed E-state index contributed by atoms with van der Waals surface area (Å²) in [6, 6.07) is 7.39. The molecule has 1 N–H and O–H groups in total. The van der Waals surface area contributed by atoms with Crippen molar-refractivity contribution in [1.82, 2.24) is 9.80 Å². The van der Waals surface area contributed by atoms with E-state index in [1.807, 2.05) is 59.5 Å². The average Bonchev–Trinajstić information content (AvgIpc) is 3.28. The van der Waals surface area contributed by atoms with Gasteiger partial charge in [-0.15, -0.1) is 0 Å². The number of hydrogen-bond donors (Lipinski definition) is 1. The van der Waals surface area contributed by atoms with E-state index in [9.17, 15) is 19.5 Å². The van der Waals surface area contributed by atoms with Crippen LogP contribution in [0.15, 0.2) is 54.6 Å². The van der Waals surface area contributed by atoms with Gasteiger partial charge in [0, 0.05) is 12.1 Å². The Bertz CT molecular complexity index is 1200. The number of fused-ring (bicyclic) bond motifs is 2. The second kappa shape index (κ2) is 10.5. The van der Waals surface area contributed by atoms with Crippen LogP contribution in [0.5, 0.6) is 0 Å². The van der Waals surface area contributed by atoms with Crippen LogP contribution in [0.3, 0.4) is 0 Å². The summed E-state index contributed by atoms with van der Waals surface area (Å²) in [4.78, 5) is 46.1. The molecule has 2 saturated heterocycles. The second-order valence-electron chi connectivity index (χ2n) is 13.3. The molecule has 40 heavy (non-hydrogen) atoms. The molecule has 4 heterocycles. The van der Waals surface area contributed by atoms with E-state index in [2.05, 4.69) is 34.6 Å². The summed E-state index contributed by atoms with van der Waals surface area (Å²) in [5.41, 5.74) is -1.24. The van der Waals surface area contributed by atoms with Crippen LogP contribution in [0.2, 0.25) is 0 Å². The maximum absolute atomic E-state index is 14.8. The molecule has 2 amide bonds. The van der Waals surface area contributed by atoms with Gasteiger partial charge in [0.1, 0.15) is 17.6 Å². The van der Waals surface area contributed by atoms with Gasteiger partial charge < -0.3 is 24.4 Å². The number of aliphatic hydroxyl groups is 1. The van der Waals surface area contributed by atoms with Gasteiger partial charge in [0.05, 0.1) is 31.3 Å². The molecule has 1 spiro atoms. The topological polar surface area (TPSA) is 96.4 Å². The molecule has 1 aromatic rings. The number of benzene rings is 1. The second-order valence-corrected chi connectivity index (χ2v) is 13.3. The van der Waals surface area contributed by atoms with Crippen molar-refractivity contribution in [3.63, 3.8) is 0 Å². The van der Waals surface area contributed by atoms with Gasteiger partial charge in [-0.1, -0.05) is 75.4 Å². The Hall–Kier alpha value is -2.97. The average molecular weight is 551 g/mol. The number of aliphatic hydroxyl groups excluding tert-OH is 1. The van der Waals surface area contributed by atoms with Crippen molar-refractivity contribution in [2.24, 2.45) is 17.3 Å². The smallest absolute Gasteiger partial charge is 0.312 e. The summed E-state index contributed by atoms with van der Waals surface area (Å²) < 4.78 is 12.3. The minimum Gasteiger partial charge on any atom is -0.465 e. The van der Waals surface area contributed by atoms with Gasteiger partial charge in [0.15, 0.2) is 0 Å². The molecule has 8 heteroatoms. The third-order valence-corrected chi connectivity index (χ3v) is 8.68. The Morgan fingerprint density at radius 3 is 2.45 bits per heavy atom. The van der Waals surface area contributed by atoms with E-state index in [1.165, 1.54) is 4.90 Å². The van der Waals surface area contributed by atoms with Crippen LogP contribution in [0.1, 0.15) is 65.5 Å². The van der Waals surface area contributed by atoms with E-state index in [1.54, 1.807) is 0 Å². The molecular weight excluding hydrogens is 508 g/mol. The number of likely N-dealkylation sites (tertiary alicyclic amines) is 1. The monoisotopic (exact) mass is 550 g/mol. The highest BCUT2D eigenvalue weighted by Gasteiger charge is 2.73. The number of allylic oxidation sites excluding steroid dienone is 1. The summed E-state index contributed by atoms with van der Waals surface area (Å²) in [5.74, 6) is -2.95. The predicted octanol–water partition coefficient (Wildman–Crippen LogP) is 3.81. The van der Waals surface area contributed by atoms with Crippen LogP contribution < -0.4 is 0 Å². The van der Waals surface area contributed by atoms with Gasteiger partial charge in [-0.05, 0) is 44.1 Å². The van der Waals surface area contributed by atoms with Crippen LogP contribution in [0, 0.1) is 17.3 Å². The number of cyclic esters (lactones) is 1. The maximum Gasteiger partial charge on any atom is 0.312 e. The molecule has 5 rings (SSSR count). The molecule has 6 atom stereocenters. The molecule has 0 bridgehead atoms. The van der Waals surface area contributed by atoms with Gasteiger partial charge in [-0.25, -0.2) is 0 Å². The first-order chi connectivity index (χ1) is 18.9. The molecule has 1 aromatic carbocycles. The van der Waals surface area contributed by atoms with E-state index in [0.29, 0.717) is 18.5 Å². The normalized spacial score (nSPS) is 32.3. The maximum atomic E-state index is 14.8. The standard InChI is InChI=1S/C32H42N2O6/c1-30(2,3)20-31(4,5)33-17-12-16-32-25(24-23(40-32)15-10-7-11-18-39-29(24)38)27(36)34(26(32)28(33)37)22(19-35)21-13-8-6-9-14-21/h6,8-10,12-16,22-26,35H,7,11,17-20H2,1-5H3/b15-10-/t22-,23+,24-,25+,26?,32+/m1/s1. The zero-order valence-corrected chi connectivity index (χ0v) is 24.2. The van der Waals surface area contributed by atoms with Crippen molar-refractivity contribution < 1.29 is 29.0 Å². The lowest BCUT2D eigenvalue weighted by molar-refractivity contribution is -0.157. The SMILES string of the molecule is CC(C)(C)CC(C)(C)N1CC=C[C@]23O[C@H]4/C=C\CCCOC(=O)[C@H]4[C@H]2C(=O)N([C@H](CO)c2ccccc2)C3C1=O. The minimum atomic E-state index is -1.37. The molecule has 216 valence electrons. The Kier molecular flexibility index (Phi) is 7.46. The number of amides is 2. The Morgan fingerprint density at radius 1 is 1.05 bits per heavy atom. The summed E-state index contributed by atoms with van der Waals surface area (Å²) in [7, 11) is 0. The van der Waals surface area contributed by atoms with Crippen molar-refractivity contribution >= 4 is 17.8 Å². The van der Waals surface area contributed by atoms with Gasteiger partial charge in [-0.2, -0.15) is 0 Å². The lowest BCUT2D eigenvalue weighted by Crippen LogP contribution is -2.60. The summed E-state index contributed by atoms with van der Waals surface area (Å²) >= 11 is 0. The van der Waals surface area contributed by atoms with Crippen LogP contribution in [0.25, 0.3) is 0 Å². The fraction of sp³-hybridized carbons (Fsp3) is 0.594. The Morgan fingerprint density at radius 2 is 1.77 bits per heavy atom. The molecule has 0 aromatic heterocycles. The fourth-order valence-electron chi connectivity index (χ4n) is 7.50. The van der Waals surface area contributed by atoms with Gasteiger partial charge in [0.25, 0.3) is 0 Å². The van der Waals surface area contributed by atoms with Gasteiger partial charge in [0.2, 0.25) is 11.8 Å². The van der Waals surface area contributed by atoms with Gasteiger partial charge in [-0.3, -0.25) is 14.4 Å². The minimum absolute atomic E-state index is 0.0504. The number of esters is 1. The summed E-state index contributed by atoms with van der Waals surface area (Å²) in [6.45, 7) is 10.8. The fourth-order valence-corrected chi connectivity index (χ4v) is 7.50. The van der Waals surface area contributed by atoms with E-state index < -0.39 is 47.1 Å². The van der Waals surface area contributed by atoms with Crippen molar-refractivity contribution in [2.75, 3.05) is 19.8 Å². The molecule has 2 fully saturated rings. The Balaban J connectivity index is 1.66. The number of carbonyl (C=O) groups is 3. The number of ether oxygens (including phenoxy) is 2. The molecule has 0 saturated carbocycles. The van der Waals surface area contributed by atoms with Crippen molar-refractivity contribution in [3.8, 4) is 0 Å². The summed E-state index contributed by atoms with van der Waals surface area (Å²) in [5, 5.41) is 10.7. The van der Waals surface area contributed by atoms with Crippen LogP contribution in [0.4, 0.5) is 0 Å². The molecule has 1 unspecified atom stereocenters. The summed E-state index contributed by atoms with van der Waals surface area (Å²) in [6.07, 6.45) is 9.02. The first-order valence-electron chi connectivity index (χ1n) is 14.4. The third-order valence-electron chi connectivity index (χ3n) is 8.68. The molecular formula is C32H42N2O6. The first-order valence-corrected chi connectivity index (χ1v) is 14.4. The largest absolute Gasteiger partial charge is 0.465 e. The molecule has 8 nitrogen and oxygen atoms in total. The first kappa shape index (κ1) is 28.6. The molecule has 0 radical (unpaired) electrons. The van der Waals surface area contributed by atoms with Crippen LogP contribution in [-0.2, 0) is 23.9 Å². The number of carbonyl (C=O) groups excluding carboxylic acids is 3. The Labute approximate surface area is 237 Å². The van der Waals surface area contributed by atoms with Crippen molar-refractivity contribution in [2.45, 2.75) is 83.2 Å². The molecule has 0 aliphatic carbocycles. The third kappa shape index (κ3) is 4.79. The number of nitrogens with zero attached hydrogens (tertiary/aromatic N) is 2. The molecule has 4 aliphatic rings. The zero-order valence-electron chi connectivity index (χ0n) is 24.2. The van der Waals surface area contributed by atoms with E-state index in [0.717, 1.165) is 12.8 Å². The van der Waals surface area contributed by atoms with E-state index in [4.69, 9.17) is 9.47 Å². The highest BCUT2D eigenvalue weighted by molar-refractivity contribution is 5.99. The highest BCUT2D eigenvalue weighted by Crippen LogP contribution is 2.55. The lowest BCUT2D eigenvalue weighted by Gasteiger charge is -2.45. The van der Waals surface area contributed by atoms with Crippen molar-refractivity contribution in [1.29, 1.82) is 0 Å². The lowest BCUT2D eigenvalue weighted by atomic mass is 9.77. The number of hydrogen-bond acceptors (Lipinski definition) is 6. The quantitative estimate of drug-likeness (QED) is 0.443. The van der Waals surface area contributed by atoms with E-state index in [-0.39, 0.29) is 30.4 Å². The molecule has 4 aliphatic heterocycles. The highest BCUT2D eigenvalue weighted by atomic mass is 16.6. The van der Waals surface area contributed by atoms with E-state index >= 15 is 0 Å². The zero-order chi connectivity index (χ0) is 28.9. The van der Waals surface area contributed by atoms with Gasteiger partial charge >= 0.3 is 5.97 Å². The van der Waals surface area contributed by atoms with Crippen LogP contribution >= 0.6 is 0 Å². The van der Waals surface area contributed by atoms with Crippen LogP contribution in [-0.4, -0.2) is 75.7 Å².